The molecule has 4 aromatic rings. The van der Waals surface area contributed by atoms with Crippen LogP contribution < -0.4 is 19.7 Å². The lowest BCUT2D eigenvalue weighted by atomic mass is 10.0. The van der Waals surface area contributed by atoms with Gasteiger partial charge in [-0.1, -0.05) is 45.8 Å². The minimum Gasteiger partial charge on any atom is -0.489 e. The van der Waals surface area contributed by atoms with Crippen LogP contribution in [0.15, 0.2) is 34.9 Å². The van der Waals surface area contributed by atoms with E-state index in [9.17, 15) is 13.2 Å². The SMILES string of the molecule is CC(C)Oc1cc(C(=O)NS(=O)(=O)N2CCCC2)cc2sc(N3CCC(NCc4c(-c5c(Cl)cccc5Cl)noc4C4CC4)CC3)nc12. The molecular weight excluding hydrogens is 695 g/mol. The van der Waals surface area contributed by atoms with Gasteiger partial charge >= 0.3 is 10.2 Å². The van der Waals surface area contributed by atoms with Crippen LogP contribution >= 0.6 is 34.5 Å². The van der Waals surface area contributed by atoms with E-state index in [0.29, 0.717) is 58.1 Å². The molecule has 2 saturated heterocycles. The molecule has 2 aromatic carbocycles. The number of rotatable bonds is 11. The highest BCUT2D eigenvalue weighted by atomic mass is 35.5. The Labute approximate surface area is 294 Å². The summed E-state index contributed by atoms with van der Waals surface area (Å²) in [5, 5.41) is 10.1. The monoisotopic (exact) mass is 732 g/mol. The van der Waals surface area contributed by atoms with Crippen molar-refractivity contribution in [1.29, 1.82) is 0 Å². The van der Waals surface area contributed by atoms with E-state index in [1.165, 1.54) is 15.6 Å². The molecule has 2 aliphatic heterocycles. The first-order valence-electron chi connectivity index (χ1n) is 16.4. The van der Waals surface area contributed by atoms with Gasteiger partial charge in [-0.2, -0.15) is 12.7 Å². The number of nitrogens with zero attached hydrogens (tertiary/aromatic N) is 4. The number of halogens is 2. The quantitative estimate of drug-likeness (QED) is 0.172. The summed E-state index contributed by atoms with van der Waals surface area (Å²) < 4.78 is 41.8. The maximum atomic E-state index is 13.2. The zero-order valence-corrected chi connectivity index (χ0v) is 29.9. The second-order valence-corrected chi connectivity index (χ2v) is 16.4. The van der Waals surface area contributed by atoms with E-state index in [1.807, 2.05) is 32.0 Å². The molecule has 15 heteroatoms. The van der Waals surface area contributed by atoms with Crippen LogP contribution in [0, 0.1) is 0 Å². The molecule has 0 atom stereocenters. The van der Waals surface area contributed by atoms with Crippen molar-refractivity contribution in [3.63, 3.8) is 0 Å². The van der Waals surface area contributed by atoms with Crippen LogP contribution in [0.25, 0.3) is 21.5 Å². The molecule has 1 aliphatic carbocycles. The molecule has 0 bridgehead atoms. The molecular formula is C33H38Cl2N6O5S2. The fourth-order valence-electron chi connectivity index (χ4n) is 6.37. The Morgan fingerprint density at radius 1 is 1.08 bits per heavy atom. The van der Waals surface area contributed by atoms with Crippen molar-refractivity contribution in [3.05, 3.63) is 57.3 Å². The Hall–Kier alpha value is -2.94. The van der Waals surface area contributed by atoms with Crippen LogP contribution in [0.3, 0.4) is 0 Å². The van der Waals surface area contributed by atoms with Gasteiger partial charge in [0.2, 0.25) is 0 Å². The minimum atomic E-state index is -3.91. The number of aromatic nitrogens is 2. The predicted octanol–water partition coefficient (Wildman–Crippen LogP) is 6.75. The van der Waals surface area contributed by atoms with Gasteiger partial charge in [-0.15, -0.1) is 0 Å². The van der Waals surface area contributed by atoms with Crippen molar-refractivity contribution in [2.45, 2.75) is 77.0 Å². The molecule has 2 N–H and O–H groups in total. The number of anilines is 1. The molecule has 3 aliphatic rings. The molecule has 0 unspecified atom stereocenters. The number of piperidine rings is 1. The molecule has 0 radical (unpaired) electrons. The lowest BCUT2D eigenvalue weighted by Gasteiger charge is -2.32. The van der Waals surface area contributed by atoms with Gasteiger partial charge in [-0.3, -0.25) is 4.79 Å². The maximum Gasteiger partial charge on any atom is 0.304 e. The fraction of sp³-hybridized carbons (Fsp3) is 0.485. The molecule has 256 valence electrons. The summed E-state index contributed by atoms with van der Waals surface area (Å²) in [4.78, 5) is 20.3. The van der Waals surface area contributed by atoms with Gasteiger partial charge < -0.3 is 19.5 Å². The summed E-state index contributed by atoms with van der Waals surface area (Å²) in [7, 11) is -3.91. The zero-order valence-electron chi connectivity index (χ0n) is 26.8. The summed E-state index contributed by atoms with van der Waals surface area (Å²) in [6.07, 6.45) is 5.39. The summed E-state index contributed by atoms with van der Waals surface area (Å²) in [6.45, 7) is 6.82. The van der Waals surface area contributed by atoms with E-state index in [0.717, 1.165) is 72.8 Å². The van der Waals surface area contributed by atoms with Crippen molar-refractivity contribution in [1.82, 2.24) is 24.5 Å². The number of fused-ring (bicyclic) bond motifs is 1. The number of benzene rings is 2. The van der Waals surface area contributed by atoms with Crippen molar-refractivity contribution < 1.29 is 22.5 Å². The molecule has 48 heavy (non-hydrogen) atoms. The van der Waals surface area contributed by atoms with Crippen LogP contribution in [0.2, 0.25) is 10.0 Å². The average Bonchev–Trinajstić information content (AvgIpc) is 3.40. The second-order valence-electron chi connectivity index (χ2n) is 12.9. The third-order valence-corrected chi connectivity index (χ3v) is 12.2. The largest absolute Gasteiger partial charge is 0.489 e. The van der Waals surface area contributed by atoms with Gasteiger partial charge in [0.1, 0.15) is 22.7 Å². The zero-order chi connectivity index (χ0) is 33.6. The van der Waals surface area contributed by atoms with Gasteiger partial charge in [0.15, 0.2) is 5.13 Å². The van der Waals surface area contributed by atoms with Crippen molar-refractivity contribution in [2.24, 2.45) is 0 Å². The highest BCUT2D eigenvalue weighted by Gasteiger charge is 2.34. The summed E-state index contributed by atoms with van der Waals surface area (Å²) in [5.74, 6) is 1.08. The van der Waals surface area contributed by atoms with Crippen LogP contribution in [0.5, 0.6) is 5.75 Å². The van der Waals surface area contributed by atoms with Crippen LogP contribution in [0.4, 0.5) is 5.13 Å². The molecule has 1 amide bonds. The first-order chi connectivity index (χ1) is 23.1. The van der Waals surface area contributed by atoms with Gasteiger partial charge in [0.25, 0.3) is 5.91 Å². The smallest absolute Gasteiger partial charge is 0.304 e. The van der Waals surface area contributed by atoms with E-state index in [2.05, 4.69) is 20.1 Å². The average molecular weight is 734 g/mol. The van der Waals surface area contributed by atoms with Gasteiger partial charge in [0, 0.05) is 61.4 Å². The topological polar surface area (TPSA) is 130 Å². The number of nitrogens with one attached hydrogen (secondary N) is 2. The second kappa shape index (κ2) is 13.8. The highest BCUT2D eigenvalue weighted by Crippen LogP contribution is 2.46. The van der Waals surface area contributed by atoms with Crippen LogP contribution in [-0.2, 0) is 16.8 Å². The molecule has 0 spiro atoms. The number of hydrogen-bond donors (Lipinski definition) is 2. The summed E-state index contributed by atoms with van der Waals surface area (Å²) in [6, 6.07) is 9.02. The number of ether oxygens (including phenoxy) is 1. The predicted molar refractivity (Wildman–Crippen MR) is 189 cm³/mol. The summed E-state index contributed by atoms with van der Waals surface area (Å²) >= 11 is 14.6. The lowest BCUT2D eigenvalue weighted by molar-refractivity contribution is 0.0979. The van der Waals surface area contributed by atoms with Gasteiger partial charge in [0.05, 0.1) is 20.8 Å². The number of carbonyl (C=O) groups is 1. The lowest BCUT2D eigenvalue weighted by Crippen LogP contribution is -2.42. The first kappa shape index (κ1) is 33.6. The Morgan fingerprint density at radius 2 is 1.79 bits per heavy atom. The molecule has 2 aromatic heterocycles. The van der Waals surface area contributed by atoms with Crippen molar-refractivity contribution in [2.75, 3.05) is 31.1 Å². The standard InChI is InChI=1S/C33H38Cl2N6O5S2/c1-19(2)45-26-16-21(32(42)39-48(43,44)41-12-3-4-13-41)17-27-30(26)37-33(47-27)40-14-10-22(11-15-40)36-18-23-29(38-46-31(23)20-8-9-20)28-24(34)6-5-7-25(28)35/h5-7,16-17,19-20,22,36H,3-4,8-15,18H2,1-2H3,(H,39,42). The van der Waals surface area contributed by atoms with Crippen molar-refractivity contribution in [3.8, 4) is 17.0 Å². The van der Waals surface area contributed by atoms with E-state index in [4.69, 9.17) is 37.4 Å². The highest BCUT2D eigenvalue weighted by molar-refractivity contribution is 7.87. The van der Waals surface area contributed by atoms with E-state index >= 15 is 0 Å². The Bertz CT molecular complexity index is 1910. The molecule has 1 saturated carbocycles. The van der Waals surface area contributed by atoms with E-state index < -0.39 is 16.1 Å². The molecule has 3 fully saturated rings. The maximum absolute atomic E-state index is 13.2. The van der Waals surface area contributed by atoms with Crippen LogP contribution in [-0.4, -0.2) is 67.1 Å². The third kappa shape index (κ3) is 7.03. The Balaban J connectivity index is 1.05. The third-order valence-electron chi connectivity index (χ3n) is 9.00. The Kier molecular flexibility index (Phi) is 9.62. The number of amides is 1. The van der Waals surface area contributed by atoms with Crippen LogP contribution in [0.1, 0.15) is 80.0 Å². The normalized spacial score (nSPS) is 17.9. The number of thiazole rings is 1. The molecule has 7 rings (SSSR count). The summed E-state index contributed by atoms with van der Waals surface area (Å²) in [5.41, 5.74) is 3.30. The minimum absolute atomic E-state index is 0.160. The molecule has 4 heterocycles. The number of carbonyl (C=O) groups excluding carboxylic acids is 1. The fourth-order valence-corrected chi connectivity index (χ4v) is 9.24. The van der Waals surface area contributed by atoms with Gasteiger partial charge in [-0.25, -0.2) is 9.71 Å². The van der Waals surface area contributed by atoms with Crippen molar-refractivity contribution >= 4 is 66.0 Å². The van der Waals surface area contributed by atoms with E-state index in [-0.39, 0.29) is 17.7 Å². The molecule has 11 nitrogen and oxygen atoms in total. The van der Waals surface area contributed by atoms with Gasteiger partial charge in [-0.05, 0) is 76.6 Å². The number of hydrogen-bond acceptors (Lipinski definition) is 10. The van der Waals surface area contributed by atoms with E-state index in [1.54, 1.807) is 12.1 Å². The Morgan fingerprint density at radius 3 is 2.46 bits per heavy atom. The first-order valence-corrected chi connectivity index (χ1v) is 19.4.